The van der Waals surface area contributed by atoms with Gasteiger partial charge in [0.15, 0.2) is 11.6 Å². The zero-order chi connectivity index (χ0) is 15.4. The van der Waals surface area contributed by atoms with Crippen LogP contribution in [0.1, 0.15) is 5.56 Å². The van der Waals surface area contributed by atoms with Gasteiger partial charge < -0.3 is 10.5 Å². The van der Waals surface area contributed by atoms with Crippen LogP contribution in [0.15, 0.2) is 48.5 Å². The van der Waals surface area contributed by atoms with Crippen LogP contribution in [-0.2, 0) is 6.42 Å². The summed E-state index contributed by atoms with van der Waals surface area (Å²) in [5.74, 6) is 2.24. The van der Waals surface area contributed by atoms with E-state index in [0.717, 1.165) is 29.1 Å². The van der Waals surface area contributed by atoms with Gasteiger partial charge in [-0.3, -0.25) is 5.10 Å². The number of benzene rings is 2. The van der Waals surface area contributed by atoms with Crippen LogP contribution in [-0.4, -0.2) is 28.8 Å². The Morgan fingerprint density at radius 2 is 1.91 bits per heavy atom. The predicted molar refractivity (Wildman–Crippen MR) is 86.6 cm³/mol. The molecule has 0 amide bonds. The largest absolute Gasteiger partial charge is 0.497 e. The number of H-pyrrole nitrogens is 1. The van der Waals surface area contributed by atoms with Crippen molar-refractivity contribution in [2.45, 2.75) is 6.42 Å². The van der Waals surface area contributed by atoms with Gasteiger partial charge in [-0.25, -0.2) is 4.98 Å². The first-order chi connectivity index (χ1) is 10.8. The van der Waals surface area contributed by atoms with E-state index < -0.39 is 0 Å². The second-order valence-electron chi connectivity index (χ2n) is 4.98. The van der Waals surface area contributed by atoms with E-state index in [1.165, 1.54) is 5.56 Å². The summed E-state index contributed by atoms with van der Waals surface area (Å²) >= 11 is 0. The monoisotopic (exact) mass is 294 g/mol. The van der Waals surface area contributed by atoms with Crippen LogP contribution >= 0.6 is 0 Å². The Hall–Kier alpha value is -2.66. The summed E-state index contributed by atoms with van der Waals surface area (Å²) in [6.45, 7) is 0.633. The van der Waals surface area contributed by atoms with Crippen molar-refractivity contribution >= 4 is 0 Å². The summed E-state index contributed by atoms with van der Waals surface area (Å²) in [6.07, 6.45) is 0.851. The number of methoxy groups -OCH3 is 1. The Morgan fingerprint density at radius 1 is 1.09 bits per heavy atom. The van der Waals surface area contributed by atoms with E-state index in [-0.39, 0.29) is 0 Å². The van der Waals surface area contributed by atoms with Crippen LogP contribution in [0.2, 0.25) is 0 Å². The molecule has 0 saturated heterocycles. The topological polar surface area (TPSA) is 76.8 Å². The van der Waals surface area contributed by atoms with Gasteiger partial charge in [0.05, 0.1) is 7.11 Å². The van der Waals surface area contributed by atoms with Crippen LogP contribution in [0.3, 0.4) is 0 Å². The Bertz CT molecular complexity index is 749. The van der Waals surface area contributed by atoms with E-state index in [1.807, 2.05) is 36.4 Å². The highest BCUT2D eigenvalue weighted by atomic mass is 16.5. The molecule has 3 rings (SSSR count). The molecule has 1 heterocycles. The Morgan fingerprint density at radius 3 is 2.64 bits per heavy atom. The minimum Gasteiger partial charge on any atom is -0.497 e. The smallest absolute Gasteiger partial charge is 0.181 e. The van der Waals surface area contributed by atoms with E-state index in [2.05, 4.69) is 27.3 Å². The van der Waals surface area contributed by atoms with Gasteiger partial charge in [0, 0.05) is 11.1 Å². The Balaban J connectivity index is 1.88. The molecule has 3 N–H and O–H groups in total. The number of hydrogen-bond donors (Lipinski definition) is 2. The molecule has 3 aromatic rings. The molecule has 0 bridgehead atoms. The molecular formula is C17H18N4O. The summed E-state index contributed by atoms with van der Waals surface area (Å²) < 4.78 is 5.16. The summed E-state index contributed by atoms with van der Waals surface area (Å²) in [7, 11) is 1.65. The van der Waals surface area contributed by atoms with Gasteiger partial charge in [-0.15, -0.1) is 0 Å². The third-order valence-corrected chi connectivity index (χ3v) is 3.47. The lowest BCUT2D eigenvalue weighted by Crippen LogP contribution is -2.02. The van der Waals surface area contributed by atoms with Crippen molar-refractivity contribution in [2.24, 2.45) is 5.73 Å². The number of hydrogen-bond acceptors (Lipinski definition) is 4. The maximum absolute atomic E-state index is 5.61. The second kappa shape index (κ2) is 6.41. The number of aromatic nitrogens is 3. The van der Waals surface area contributed by atoms with Crippen LogP contribution in [0, 0.1) is 0 Å². The quantitative estimate of drug-likeness (QED) is 0.758. The highest BCUT2D eigenvalue weighted by Gasteiger charge is 2.08. The van der Waals surface area contributed by atoms with Gasteiger partial charge in [-0.2, -0.15) is 5.10 Å². The van der Waals surface area contributed by atoms with E-state index in [4.69, 9.17) is 10.5 Å². The summed E-state index contributed by atoms with van der Waals surface area (Å²) in [5, 5.41) is 7.29. The molecule has 0 radical (unpaired) electrons. The zero-order valence-electron chi connectivity index (χ0n) is 12.4. The van der Waals surface area contributed by atoms with Gasteiger partial charge in [-0.1, -0.05) is 18.2 Å². The molecule has 0 spiro atoms. The number of ether oxygens (including phenoxy) is 1. The average Bonchev–Trinajstić information content (AvgIpc) is 3.06. The highest BCUT2D eigenvalue weighted by molar-refractivity contribution is 5.62. The van der Waals surface area contributed by atoms with Crippen molar-refractivity contribution in [2.75, 3.05) is 13.7 Å². The van der Waals surface area contributed by atoms with Gasteiger partial charge in [0.2, 0.25) is 0 Å². The number of rotatable bonds is 5. The number of nitrogens with one attached hydrogen (secondary N) is 1. The summed E-state index contributed by atoms with van der Waals surface area (Å²) in [5.41, 5.74) is 8.75. The Labute approximate surface area is 129 Å². The third-order valence-electron chi connectivity index (χ3n) is 3.47. The molecule has 2 aromatic carbocycles. The third kappa shape index (κ3) is 2.99. The Kier molecular flexibility index (Phi) is 4.16. The van der Waals surface area contributed by atoms with Crippen LogP contribution in [0.5, 0.6) is 5.75 Å². The standard InChI is InChI=1S/C17H18N4O/c1-22-15-7-5-13(6-8-15)16-19-17(21-20-16)14-4-2-3-12(11-14)9-10-18/h2-8,11H,9-10,18H2,1H3,(H,19,20,21). The molecule has 0 aliphatic heterocycles. The maximum Gasteiger partial charge on any atom is 0.181 e. The van der Waals surface area contributed by atoms with Crippen molar-refractivity contribution in [1.29, 1.82) is 0 Å². The first-order valence-corrected chi connectivity index (χ1v) is 7.16. The lowest BCUT2D eigenvalue weighted by molar-refractivity contribution is 0.415. The first-order valence-electron chi connectivity index (χ1n) is 7.16. The van der Waals surface area contributed by atoms with Gasteiger partial charge >= 0.3 is 0 Å². The summed E-state index contributed by atoms with van der Waals surface area (Å²) in [4.78, 5) is 4.57. The molecule has 22 heavy (non-hydrogen) atoms. The molecule has 5 nitrogen and oxygen atoms in total. The second-order valence-corrected chi connectivity index (χ2v) is 4.98. The highest BCUT2D eigenvalue weighted by Crippen LogP contribution is 2.22. The molecule has 0 fully saturated rings. The fraction of sp³-hybridized carbons (Fsp3) is 0.176. The molecule has 0 aliphatic carbocycles. The van der Waals surface area contributed by atoms with Crippen molar-refractivity contribution in [1.82, 2.24) is 15.2 Å². The number of aromatic amines is 1. The van der Waals surface area contributed by atoms with Crippen LogP contribution < -0.4 is 10.5 Å². The fourth-order valence-electron chi connectivity index (χ4n) is 2.30. The van der Waals surface area contributed by atoms with Gasteiger partial charge in [-0.05, 0) is 48.9 Å². The van der Waals surface area contributed by atoms with Crippen molar-refractivity contribution in [3.63, 3.8) is 0 Å². The van der Waals surface area contributed by atoms with E-state index >= 15 is 0 Å². The number of nitrogens with zero attached hydrogens (tertiary/aromatic N) is 2. The molecule has 0 saturated carbocycles. The zero-order valence-corrected chi connectivity index (χ0v) is 12.4. The SMILES string of the molecule is COc1ccc(-c2nc(-c3cccc(CCN)c3)n[nH]2)cc1. The van der Waals surface area contributed by atoms with E-state index in [1.54, 1.807) is 7.11 Å². The normalized spacial score (nSPS) is 10.6. The fourth-order valence-corrected chi connectivity index (χ4v) is 2.30. The van der Waals surface area contributed by atoms with E-state index in [9.17, 15) is 0 Å². The molecule has 0 unspecified atom stereocenters. The molecule has 0 aliphatic rings. The maximum atomic E-state index is 5.61. The van der Waals surface area contributed by atoms with E-state index in [0.29, 0.717) is 12.4 Å². The van der Waals surface area contributed by atoms with Crippen LogP contribution in [0.25, 0.3) is 22.8 Å². The minimum absolute atomic E-state index is 0.633. The van der Waals surface area contributed by atoms with Gasteiger partial charge in [0.1, 0.15) is 5.75 Å². The van der Waals surface area contributed by atoms with Crippen molar-refractivity contribution < 1.29 is 4.74 Å². The molecule has 0 atom stereocenters. The summed E-state index contributed by atoms with van der Waals surface area (Å²) in [6, 6.07) is 15.9. The molecule has 1 aromatic heterocycles. The lowest BCUT2D eigenvalue weighted by atomic mass is 10.1. The first kappa shape index (κ1) is 14.3. The molecule has 112 valence electrons. The van der Waals surface area contributed by atoms with Crippen LogP contribution in [0.4, 0.5) is 0 Å². The molecule has 5 heteroatoms. The minimum atomic E-state index is 0.633. The van der Waals surface area contributed by atoms with Crippen molar-refractivity contribution in [3.8, 4) is 28.5 Å². The molecular weight excluding hydrogens is 276 g/mol. The number of nitrogens with two attached hydrogens (primary N) is 1. The predicted octanol–water partition coefficient (Wildman–Crippen LogP) is 2.65. The average molecular weight is 294 g/mol. The van der Waals surface area contributed by atoms with Gasteiger partial charge in [0.25, 0.3) is 0 Å². The lowest BCUT2D eigenvalue weighted by Gasteiger charge is -2.01. The van der Waals surface area contributed by atoms with Crippen molar-refractivity contribution in [3.05, 3.63) is 54.1 Å².